The molecule has 6 rings (SSSR count). The highest BCUT2D eigenvalue weighted by Crippen LogP contribution is 2.37. The predicted octanol–water partition coefficient (Wildman–Crippen LogP) is 6.68. The van der Waals surface area contributed by atoms with Gasteiger partial charge in [0.1, 0.15) is 5.52 Å². The first kappa shape index (κ1) is 19.1. The van der Waals surface area contributed by atoms with E-state index in [0.29, 0.717) is 11.1 Å². The lowest BCUT2D eigenvalue weighted by atomic mass is 9.97. The number of hydrogen-bond donors (Lipinski definition) is 1. The summed E-state index contributed by atoms with van der Waals surface area (Å²) in [4.78, 5) is 26.1. The minimum atomic E-state index is 0.00939. The Kier molecular flexibility index (Phi) is 4.55. The molecule has 0 aliphatic carbocycles. The Morgan fingerprint density at radius 1 is 0.576 bits per heavy atom. The third kappa shape index (κ3) is 3.38. The van der Waals surface area contributed by atoms with Gasteiger partial charge in [-0.25, -0.2) is 9.97 Å². The number of fused-ring (bicyclic) bond motifs is 2. The third-order valence-electron chi connectivity index (χ3n) is 5.83. The normalized spacial score (nSPS) is 11.2. The smallest absolute Gasteiger partial charge is 0.193 e. The van der Waals surface area contributed by atoms with E-state index in [1.807, 2.05) is 97.1 Å². The van der Waals surface area contributed by atoms with Crippen LogP contribution in [0.2, 0.25) is 0 Å². The van der Waals surface area contributed by atoms with Gasteiger partial charge >= 0.3 is 0 Å². The van der Waals surface area contributed by atoms with Gasteiger partial charge in [-0.05, 0) is 23.3 Å². The van der Waals surface area contributed by atoms with Gasteiger partial charge in [0, 0.05) is 16.7 Å². The molecule has 0 unspecified atom stereocenters. The van der Waals surface area contributed by atoms with Crippen molar-refractivity contribution >= 4 is 28.0 Å². The van der Waals surface area contributed by atoms with E-state index < -0.39 is 0 Å². The van der Waals surface area contributed by atoms with Crippen molar-refractivity contribution in [1.82, 2.24) is 15.0 Å². The monoisotopic (exact) mass is 425 g/mol. The molecule has 2 heterocycles. The fourth-order valence-electron chi connectivity index (χ4n) is 4.21. The molecule has 0 fully saturated rings. The maximum absolute atomic E-state index is 12.9. The molecule has 4 nitrogen and oxygen atoms in total. The van der Waals surface area contributed by atoms with Gasteiger partial charge in [-0.3, -0.25) is 4.79 Å². The molecule has 2 aromatic heterocycles. The molecule has 1 N–H and O–H groups in total. The predicted molar refractivity (Wildman–Crippen MR) is 132 cm³/mol. The average molecular weight is 425 g/mol. The quantitative estimate of drug-likeness (QED) is 0.321. The Hall–Kier alpha value is -4.57. The summed E-state index contributed by atoms with van der Waals surface area (Å²) in [6, 6.07) is 35.1. The van der Waals surface area contributed by atoms with E-state index in [9.17, 15) is 4.79 Å². The number of aromatic nitrogens is 3. The van der Waals surface area contributed by atoms with Gasteiger partial charge in [-0.2, -0.15) is 0 Å². The lowest BCUT2D eigenvalue weighted by Gasteiger charge is -2.07. The summed E-state index contributed by atoms with van der Waals surface area (Å²) in [5, 5.41) is 0. The molecule has 0 saturated heterocycles. The summed E-state index contributed by atoms with van der Waals surface area (Å²) in [6.45, 7) is 0. The molecule has 6 aromatic rings. The number of carbonyl (C=O) groups is 1. The summed E-state index contributed by atoms with van der Waals surface area (Å²) < 4.78 is 0. The van der Waals surface area contributed by atoms with Gasteiger partial charge in [0.25, 0.3) is 0 Å². The number of rotatable bonds is 4. The van der Waals surface area contributed by atoms with Crippen molar-refractivity contribution < 1.29 is 4.79 Å². The Bertz CT molecular complexity index is 1600. The Balaban J connectivity index is 1.53. The molecule has 0 saturated carbocycles. The zero-order valence-corrected chi connectivity index (χ0v) is 17.7. The van der Waals surface area contributed by atoms with E-state index in [-0.39, 0.29) is 5.78 Å². The van der Waals surface area contributed by atoms with Crippen LogP contribution in [0.5, 0.6) is 0 Å². The topological polar surface area (TPSA) is 58.6 Å². The molecule has 0 aliphatic rings. The van der Waals surface area contributed by atoms with Crippen LogP contribution in [-0.4, -0.2) is 20.7 Å². The van der Waals surface area contributed by atoms with Gasteiger partial charge in [0.2, 0.25) is 0 Å². The molecular weight excluding hydrogens is 406 g/mol. The highest BCUT2D eigenvalue weighted by Gasteiger charge is 2.18. The Morgan fingerprint density at radius 3 is 1.85 bits per heavy atom. The van der Waals surface area contributed by atoms with E-state index in [1.54, 1.807) is 0 Å². The van der Waals surface area contributed by atoms with Crippen molar-refractivity contribution in [1.29, 1.82) is 0 Å². The summed E-state index contributed by atoms with van der Waals surface area (Å²) in [7, 11) is 0. The lowest BCUT2D eigenvalue weighted by molar-refractivity contribution is 0.103. The van der Waals surface area contributed by atoms with Crippen LogP contribution in [0.4, 0.5) is 0 Å². The fraction of sp³-hybridized carbons (Fsp3) is 0. The molecule has 0 aliphatic heterocycles. The molecule has 33 heavy (non-hydrogen) atoms. The summed E-state index contributed by atoms with van der Waals surface area (Å²) in [5.41, 5.74) is 8.57. The van der Waals surface area contributed by atoms with E-state index in [1.165, 1.54) is 0 Å². The third-order valence-corrected chi connectivity index (χ3v) is 5.83. The van der Waals surface area contributed by atoms with Gasteiger partial charge in [-0.1, -0.05) is 97.1 Å². The van der Waals surface area contributed by atoms with E-state index in [0.717, 1.165) is 44.6 Å². The first-order valence-electron chi connectivity index (χ1n) is 10.8. The van der Waals surface area contributed by atoms with Crippen molar-refractivity contribution in [2.24, 2.45) is 0 Å². The zero-order chi connectivity index (χ0) is 22.2. The summed E-state index contributed by atoms with van der Waals surface area (Å²) >= 11 is 0. The van der Waals surface area contributed by atoms with Crippen LogP contribution in [-0.2, 0) is 0 Å². The van der Waals surface area contributed by atoms with Crippen LogP contribution in [0, 0.1) is 0 Å². The Labute approximate surface area is 190 Å². The van der Waals surface area contributed by atoms with Crippen LogP contribution in [0.1, 0.15) is 15.9 Å². The Morgan fingerprint density at radius 2 is 1.15 bits per heavy atom. The standard InChI is InChI=1S/C29H19N3O/c33-28(21-11-5-2-6-12-21)22-17-15-19(16-18-22)25-26(20-9-3-1-4-10-20)32-29-27(25)30-23-13-7-8-14-24(23)31-29/h1-18H,(H,31,32). The van der Waals surface area contributed by atoms with Crippen molar-refractivity contribution in [2.45, 2.75) is 0 Å². The van der Waals surface area contributed by atoms with Gasteiger partial charge in [-0.15, -0.1) is 0 Å². The number of para-hydroxylation sites is 2. The molecule has 0 radical (unpaired) electrons. The highest BCUT2D eigenvalue weighted by atomic mass is 16.1. The van der Waals surface area contributed by atoms with Crippen molar-refractivity contribution in [2.75, 3.05) is 0 Å². The van der Waals surface area contributed by atoms with Crippen molar-refractivity contribution in [3.8, 4) is 22.4 Å². The van der Waals surface area contributed by atoms with Crippen LogP contribution in [0.15, 0.2) is 109 Å². The minimum absolute atomic E-state index is 0.00939. The van der Waals surface area contributed by atoms with E-state index >= 15 is 0 Å². The van der Waals surface area contributed by atoms with E-state index in [2.05, 4.69) is 17.1 Å². The average Bonchev–Trinajstić information content (AvgIpc) is 3.26. The molecule has 4 aromatic carbocycles. The first-order chi connectivity index (χ1) is 16.3. The van der Waals surface area contributed by atoms with Gasteiger partial charge in [0.15, 0.2) is 11.4 Å². The van der Waals surface area contributed by atoms with Crippen molar-refractivity contribution in [3.05, 3.63) is 120 Å². The first-order valence-corrected chi connectivity index (χ1v) is 10.8. The van der Waals surface area contributed by atoms with Crippen molar-refractivity contribution in [3.63, 3.8) is 0 Å². The number of H-pyrrole nitrogens is 1. The maximum atomic E-state index is 12.9. The highest BCUT2D eigenvalue weighted by molar-refractivity contribution is 6.09. The molecule has 0 spiro atoms. The second-order valence-electron chi connectivity index (χ2n) is 7.92. The van der Waals surface area contributed by atoms with Gasteiger partial charge < -0.3 is 4.98 Å². The summed E-state index contributed by atoms with van der Waals surface area (Å²) in [6.07, 6.45) is 0. The number of nitrogens with zero attached hydrogens (tertiary/aromatic N) is 2. The lowest BCUT2D eigenvalue weighted by Crippen LogP contribution is -2.00. The molecule has 0 amide bonds. The minimum Gasteiger partial charge on any atom is -0.337 e. The van der Waals surface area contributed by atoms with Gasteiger partial charge in [0.05, 0.1) is 16.7 Å². The number of nitrogens with one attached hydrogen (secondary N) is 1. The molecule has 0 atom stereocenters. The molecule has 0 bridgehead atoms. The number of ketones is 1. The number of benzene rings is 4. The van der Waals surface area contributed by atoms with E-state index in [4.69, 9.17) is 9.97 Å². The number of aromatic amines is 1. The molecular formula is C29H19N3O. The van der Waals surface area contributed by atoms with Crippen LogP contribution >= 0.6 is 0 Å². The van der Waals surface area contributed by atoms with Crippen LogP contribution < -0.4 is 0 Å². The maximum Gasteiger partial charge on any atom is 0.193 e. The zero-order valence-electron chi connectivity index (χ0n) is 17.7. The second kappa shape index (κ2) is 7.84. The second-order valence-corrected chi connectivity index (χ2v) is 7.92. The van der Waals surface area contributed by atoms with Crippen LogP contribution in [0.25, 0.3) is 44.6 Å². The number of carbonyl (C=O) groups excluding carboxylic acids is 1. The fourth-order valence-corrected chi connectivity index (χ4v) is 4.21. The summed E-state index contributed by atoms with van der Waals surface area (Å²) in [5.74, 6) is 0.00939. The SMILES string of the molecule is O=C(c1ccccc1)c1ccc(-c2c(-c3ccccc3)[nH]c3nc4ccccc4nc23)cc1. The number of hydrogen-bond acceptors (Lipinski definition) is 3. The largest absolute Gasteiger partial charge is 0.337 e. The van der Waals surface area contributed by atoms with Crippen LogP contribution in [0.3, 0.4) is 0 Å². The molecule has 4 heteroatoms. The molecule has 156 valence electrons.